The normalized spacial score (nSPS) is 10.8. The monoisotopic (exact) mass is 355 g/mol. The van der Waals surface area contributed by atoms with Gasteiger partial charge >= 0.3 is 0 Å². The van der Waals surface area contributed by atoms with E-state index in [1.165, 1.54) is 18.0 Å². The highest BCUT2D eigenvalue weighted by molar-refractivity contribution is 5.80. The van der Waals surface area contributed by atoms with Crippen molar-refractivity contribution in [3.8, 4) is 0 Å². The number of nitrogens with zero attached hydrogens (tertiary/aromatic N) is 2. The summed E-state index contributed by atoms with van der Waals surface area (Å²) in [4.78, 5) is 8.21. The van der Waals surface area contributed by atoms with Crippen LogP contribution in [-0.2, 0) is 0 Å². The number of aromatic nitrogens is 2. The second-order valence-electron chi connectivity index (χ2n) is 6.14. The van der Waals surface area contributed by atoms with Crippen molar-refractivity contribution in [3.05, 3.63) is 66.0 Å². The summed E-state index contributed by atoms with van der Waals surface area (Å²) in [7, 11) is 0. The minimum atomic E-state index is -0.953. The molecule has 2 aromatic carbocycles. The zero-order chi connectivity index (χ0) is 18.7. The molecule has 4 N–H and O–H groups in total. The van der Waals surface area contributed by atoms with Crippen LogP contribution in [0.4, 0.5) is 37.5 Å². The number of nitrogen functional groups attached to an aromatic ring is 1. The lowest BCUT2D eigenvalue weighted by molar-refractivity contribution is 0.509. The van der Waals surface area contributed by atoms with E-state index >= 15 is 0 Å². The van der Waals surface area contributed by atoms with Crippen LogP contribution in [0.2, 0.25) is 0 Å². The van der Waals surface area contributed by atoms with Gasteiger partial charge in [-0.15, -0.1) is 0 Å². The van der Waals surface area contributed by atoms with E-state index in [0.717, 1.165) is 17.8 Å². The summed E-state index contributed by atoms with van der Waals surface area (Å²) in [6, 6.07) is 11.4. The minimum absolute atomic E-state index is 0.269. The van der Waals surface area contributed by atoms with Crippen molar-refractivity contribution < 1.29 is 8.78 Å². The summed E-state index contributed by atoms with van der Waals surface area (Å²) in [6.45, 7) is 4.25. The first kappa shape index (κ1) is 17.6. The maximum atomic E-state index is 13.3. The molecule has 0 fully saturated rings. The van der Waals surface area contributed by atoms with Gasteiger partial charge in [0.05, 0.1) is 0 Å². The Morgan fingerprint density at radius 3 is 2.00 bits per heavy atom. The maximum Gasteiger partial charge on any atom is 0.160 e. The van der Waals surface area contributed by atoms with Gasteiger partial charge in [-0.3, -0.25) is 0 Å². The van der Waals surface area contributed by atoms with Crippen LogP contribution in [0, 0.1) is 11.6 Å². The second-order valence-corrected chi connectivity index (χ2v) is 6.14. The molecule has 0 bridgehead atoms. The van der Waals surface area contributed by atoms with Crippen molar-refractivity contribution >= 4 is 28.7 Å². The predicted molar refractivity (Wildman–Crippen MR) is 99.9 cm³/mol. The largest absolute Gasteiger partial charge is 0.393 e. The molecule has 1 heterocycles. The Morgan fingerprint density at radius 2 is 1.42 bits per heavy atom. The van der Waals surface area contributed by atoms with E-state index in [2.05, 4.69) is 34.4 Å². The molecule has 0 aliphatic rings. The standard InChI is InChI=1S/C19H19F2N5/c1-11(2)12-3-5-13(6-4-12)25-18-17(22)19(24-10-23-18)26-14-7-8-15(20)16(21)9-14/h3-11H,22H2,1-2H3,(H2,23,24,25,26). The molecule has 0 radical (unpaired) electrons. The molecular weight excluding hydrogens is 336 g/mol. The third kappa shape index (κ3) is 3.88. The first-order valence-electron chi connectivity index (χ1n) is 8.13. The van der Waals surface area contributed by atoms with E-state index in [1.807, 2.05) is 24.3 Å². The van der Waals surface area contributed by atoms with Crippen LogP contribution >= 0.6 is 0 Å². The Labute approximate surface area is 150 Å². The van der Waals surface area contributed by atoms with Gasteiger partial charge in [-0.25, -0.2) is 18.7 Å². The van der Waals surface area contributed by atoms with Crippen molar-refractivity contribution in [1.29, 1.82) is 0 Å². The van der Waals surface area contributed by atoms with Gasteiger partial charge in [-0.1, -0.05) is 26.0 Å². The smallest absolute Gasteiger partial charge is 0.160 e. The van der Waals surface area contributed by atoms with E-state index in [9.17, 15) is 8.78 Å². The van der Waals surface area contributed by atoms with Gasteiger partial charge in [0.25, 0.3) is 0 Å². The second kappa shape index (κ2) is 7.35. The van der Waals surface area contributed by atoms with Crippen molar-refractivity contribution in [2.45, 2.75) is 19.8 Å². The van der Waals surface area contributed by atoms with Gasteiger partial charge in [0.1, 0.15) is 12.0 Å². The van der Waals surface area contributed by atoms with Crippen LogP contribution in [-0.4, -0.2) is 9.97 Å². The number of nitrogens with two attached hydrogens (primary N) is 1. The fraction of sp³-hybridized carbons (Fsp3) is 0.158. The third-order valence-electron chi connectivity index (χ3n) is 3.91. The Hall–Kier alpha value is -3.22. The van der Waals surface area contributed by atoms with Crippen molar-refractivity contribution in [3.63, 3.8) is 0 Å². The van der Waals surface area contributed by atoms with Crippen LogP contribution < -0.4 is 16.4 Å². The molecule has 3 aromatic rings. The summed E-state index contributed by atoms with van der Waals surface area (Å²) in [5, 5.41) is 6.00. The molecule has 5 nitrogen and oxygen atoms in total. The molecule has 134 valence electrons. The molecule has 0 aliphatic heterocycles. The lowest BCUT2D eigenvalue weighted by Crippen LogP contribution is -2.05. The lowest BCUT2D eigenvalue weighted by atomic mass is 10.0. The maximum absolute atomic E-state index is 13.3. The number of hydrogen-bond acceptors (Lipinski definition) is 5. The third-order valence-corrected chi connectivity index (χ3v) is 3.91. The highest BCUT2D eigenvalue weighted by atomic mass is 19.2. The number of hydrogen-bond donors (Lipinski definition) is 3. The molecule has 0 saturated carbocycles. The zero-order valence-corrected chi connectivity index (χ0v) is 14.4. The van der Waals surface area contributed by atoms with Crippen LogP contribution in [0.3, 0.4) is 0 Å². The molecule has 1 aromatic heterocycles. The van der Waals surface area contributed by atoms with Crippen LogP contribution in [0.25, 0.3) is 0 Å². The Morgan fingerprint density at radius 1 is 0.846 bits per heavy atom. The molecule has 3 rings (SSSR count). The summed E-state index contributed by atoms with van der Waals surface area (Å²) in [6.07, 6.45) is 1.34. The highest BCUT2D eigenvalue weighted by Crippen LogP contribution is 2.29. The average Bonchev–Trinajstić information content (AvgIpc) is 2.62. The number of nitrogens with one attached hydrogen (secondary N) is 2. The van der Waals surface area contributed by atoms with Crippen molar-refractivity contribution in [2.75, 3.05) is 16.4 Å². The molecule has 26 heavy (non-hydrogen) atoms. The number of benzene rings is 2. The number of halogens is 2. The zero-order valence-electron chi connectivity index (χ0n) is 14.4. The Balaban J connectivity index is 1.81. The molecular formula is C19H19F2N5. The molecule has 0 amide bonds. The molecule has 0 aliphatic carbocycles. The van der Waals surface area contributed by atoms with E-state index in [-0.39, 0.29) is 5.69 Å². The fourth-order valence-corrected chi connectivity index (χ4v) is 2.39. The quantitative estimate of drug-likeness (QED) is 0.604. The highest BCUT2D eigenvalue weighted by Gasteiger charge is 2.10. The topological polar surface area (TPSA) is 75.9 Å². The van der Waals surface area contributed by atoms with Gasteiger partial charge in [-0.2, -0.15) is 0 Å². The van der Waals surface area contributed by atoms with Crippen molar-refractivity contribution in [1.82, 2.24) is 9.97 Å². The van der Waals surface area contributed by atoms with Gasteiger partial charge in [0.2, 0.25) is 0 Å². The molecule has 0 saturated heterocycles. The summed E-state index contributed by atoms with van der Waals surface area (Å²) < 4.78 is 26.4. The first-order chi connectivity index (χ1) is 12.4. The Kier molecular flexibility index (Phi) is 4.97. The lowest BCUT2D eigenvalue weighted by Gasteiger charge is -2.13. The molecule has 0 atom stereocenters. The van der Waals surface area contributed by atoms with E-state index in [1.54, 1.807) is 0 Å². The van der Waals surface area contributed by atoms with Gasteiger partial charge in [0.15, 0.2) is 23.3 Å². The Bertz CT molecular complexity index is 910. The minimum Gasteiger partial charge on any atom is -0.393 e. The summed E-state index contributed by atoms with van der Waals surface area (Å²) in [5.74, 6) is -0.709. The number of anilines is 5. The van der Waals surface area contributed by atoms with Crippen molar-refractivity contribution in [2.24, 2.45) is 0 Å². The van der Waals surface area contributed by atoms with Gasteiger partial charge in [-0.05, 0) is 35.7 Å². The van der Waals surface area contributed by atoms with Gasteiger partial charge in [0, 0.05) is 17.4 Å². The summed E-state index contributed by atoms with van der Waals surface area (Å²) >= 11 is 0. The van der Waals surface area contributed by atoms with Crippen LogP contribution in [0.15, 0.2) is 48.8 Å². The molecule has 7 heteroatoms. The first-order valence-corrected chi connectivity index (χ1v) is 8.13. The van der Waals surface area contributed by atoms with Gasteiger partial charge < -0.3 is 16.4 Å². The SMILES string of the molecule is CC(C)c1ccc(Nc2ncnc(Nc3ccc(F)c(F)c3)c2N)cc1. The average molecular weight is 355 g/mol. The van der Waals surface area contributed by atoms with E-state index in [0.29, 0.717) is 23.2 Å². The van der Waals surface area contributed by atoms with E-state index < -0.39 is 11.6 Å². The number of rotatable bonds is 5. The predicted octanol–water partition coefficient (Wildman–Crippen LogP) is 4.95. The summed E-state index contributed by atoms with van der Waals surface area (Å²) in [5.41, 5.74) is 8.77. The molecule has 0 spiro atoms. The van der Waals surface area contributed by atoms with Crippen LogP contribution in [0.1, 0.15) is 25.3 Å². The fourth-order valence-electron chi connectivity index (χ4n) is 2.39. The molecule has 0 unspecified atom stereocenters. The van der Waals surface area contributed by atoms with Crippen LogP contribution in [0.5, 0.6) is 0 Å². The van der Waals surface area contributed by atoms with E-state index in [4.69, 9.17) is 5.73 Å².